The highest BCUT2D eigenvalue weighted by atomic mass is 19.4. The Bertz CT molecular complexity index is 589. The fourth-order valence-electron chi connectivity index (χ4n) is 1.87. The lowest BCUT2D eigenvalue weighted by molar-refractivity contribution is -0.277. The fourth-order valence-corrected chi connectivity index (χ4v) is 1.87. The largest absolute Gasteiger partial charge is 0.480 e. The van der Waals surface area contributed by atoms with Gasteiger partial charge in [0.15, 0.2) is 11.6 Å². The lowest BCUT2D eigenvalue weighted by Gasteiger charge is -2.33. The summed E-state index contributed by atoms with van der Waals surface area (Å²) in [7, 11) is 0. The lowest BCUT2D eigenvalue weighted by Crippen LogP contribution is -2.53. The molecule has 9 heteroatoms. The van der Waals surface area contributed by atoms with Crippen LogP contribution in [0.25, 0.3) is 0 Å². The Hall–Kier alpha value is -2.29. The van der Waals surface area contributed by atoms with E-state index in [9.17, 15) is 22.8 Å². The number of hydrogen-bond acceptors (Lipinski definition) is 4. The third kappa shape index (κ3) is 6.26. The number of halogens is 3. The van der Waals surface area contributed by atoms with Gasteiger partial charge in [0, 0.05) is 0 Å². The van der Waals surface area contributed by atoms with Crippen LogP contribution < -0.4 is 5.32 Å². The number of alkyl carbamates (subject to hydrolysis) is 1. The monoisotopic (exact) mass is 363 g/mol. The van der Waals surface area contributed by atoms with Crippen LogP contribution in [0, 0.1) is 0 Å². The molecule has 6 nitrogen and oxygen atoms in total. The van der Waals surface area contributed by atoms with Gasteiger partial charge in [0.05, 0.1) is 6.10 Å². The van der Waals surface area contributed by atoms with Crippen molar-refractivity contribution >= 4 is 12.1 Å². The molecule has 25 heavy (non-hydrogen) atoms. The maximum absolute atomic E-state index is 12.8. The van der Waals surface area contributed by atoms with Gasteiger partial charge >= 0.3 is 18.2 Å². The number of ether oxygens (including phenoxy) is 2. The van der Waals surface area contributed by atoms with Crippen molar-refractivity contribution in [1.82, 2.24) is 5.32 Å². The Morgan fingerprint density at radius 3 is 2.24 bits per heavy atom. The molecule has 0 fully saturated rings. The van der Waals surface area contributed by atoms with Crippen LogP contribution >= 0.6 is 0 Å². The van der Waals surface area contributed by atoms with Crippen molar-refractivity contribution in [2.45, 2.75) is 51.3 Å². The summed E-state index contributed by atoms with van der Waals surface area (Å²) in [6, 6.07) is 6.91. The minimum absolute atomic E-state index is 0.109. The van der Waals surface area contributed by atoms with Crippen molar-refractivity contribution in [3.8, 4) is 0 Å². The number of alkyl halides is 3. The SMILES string of the molecule is C[C@@H](OC(C)(C)C(F)(F)F)[C@H](NC(=O)OCc1ccccc1)C(=O)O. The van der Waals surface area contributed by atoms with E-state index in [1.54, 1.807) is 30.3 Å². The molecule has 0 aliphatic heterocycles. The van der Waals surface area contributed by atoms with Gasteiger partial charge in [-0.15, -0.1) is 0 Å². The van der Waals surface area contributed by atoms with Crippen molar-refractivity contribution < 1.29 is 37.3 Å². The molecule has 1 rings (SSSR count). The summed E-state index contributed by atoms with van der Waals surface area (Å²) >= 11 is 0. The second-order valence-electron chi connectivity index (χ2n) is 5.85. The molecule has 0 radical (unpaired) electrons. The molecule has 1 amide bonds. The van der Waals surface area contributed by atoms with Crippen LogP contribution in [0.1, 0.15) is 26.3 Å². The van der Waals surface area contributed by atoms with Gasteiger partial charge in [-0.3, -0.25) is 0 Å². The fraction of sp³-hybridized carbons (Fsp3) is 0.500. The molecule has 0 saturated carbocycles. The maximum atomic E-state index is 12.8. The molecular weight excluding hydrogens is 343 g/mol. The Kier molecular flexibility index (Phi) is 6.80. The van der Waals surface area contributed by atoms with Gasteiger partial charge in [-0.25, -0.2) is 9.59 Å². The number of carboxylic acid groups (broad SMARTS) is 1. The number of carboxylic acids is 1. The highest BCUT2D eigenvalue weighted by Gasteiger charge is 2.50. The van der Waals surface area contributed by atoms with Crippen LogP contribution in [0.4, 0.5) is 18.0 Å². The van der Waals surface area contributed by atoms with Crippen LogP contribution in [-0.4, -0.2) is 41.1 Å². The number of rotatable bonds is 7. The zero-order chi connectivity index (χ0) is 19.3. The second kappa shape index (κ2) is 8.19. The van der Waals surface area contributed by atoms with Crippen molar-refractivity contribution in [3.63, 3.8) is 0 Å². The minimum atomic E-state index is -4.70. The van der Waals surface area contributed by atoms with E-state index in [4.69, 9.17) is 14.6 Å². The van der Waals surface area contributed by atoms with Crippen LogP contribution in [0.5, 0.6) is 0 Å². The molecule has 0 saturated heterocycles. The first-order chi connectivity index (χ1) is 11.4. The van der Waals surface area contributed by atoms with Crippen LogP contribution in [-0.2, 0) is 20.9 Å². The molecule has 140 valence electrons. The summed E-state index contributed by atoms with van der Waals surface area (Å²) in [4.78, 5) is 23.0. The number of aliphatic carboxylic acids is 1. The van der Waals surface area contributed by atoms with E-state index in [1.807, 2.05) is 5.32 Å². The van der Waals surface area contributed by atoms with Crippen LogP contribution in [0.3, 0.4) is 0 Å². The predicted octanol–water partition coefficient (Wildman–Crippen LogP) is 3.11. The van der Waals surface area contributed by atoms with Crippen LogP contribution in [0.2, 0.25) is 0 Å². The zero-order valence-electron chi connectivity index (χ0n) is 14.0. The summed E-state index contributed by atoms with van der Waals surface area (Å²) in [6.07, 6.45) is -7.21. The average Bonchev–Trinajstić information content (AvgIpc) is 2.49. The van der Waals surface area contributed by atoms with Gasteiger partial charge < -0.3 is 19.9 Å². The van der Waals surface area contributed by atoms with Crippen LogP contribution in [0.15, 0.2) is 30.3 Å². The van der Waals surface area contributed by atoms with Gasteiger partial charge in [-0.2, -0.15) is 13.2 Å². The van der Waals surface area contributed by atoms with Crippen molar-refractivity contribution in [2.24, 2.45) is 0 Å². The summed E-state index contributed by atoms with van der Waals surface area (Å²) in [5.41, 5.74) is -1.90. The second-order valence-corrected chi connectivity index (χ2v) is 5.85. The smallest absolute Gasteiger partial charge is 0.416 e. The van der Waals surface area contributed by atoms with Crippen molar-refractivity contribution in [3.05, 3.63) is 35.9 Å². The molecule has 1 aromatic carbocycles. The molecular formula is C16H20F3NO5. The molecule has 1 aromatic rings. The Balaban J connectivity index is 2.67. The number of amides is 1. The first-order valence-corrected chi connectivity index (χ1v) is 7.38. The van der Waals surface area contributed by atoms with Crippen molar-refractivity contribution in [2.75, 3.05) is 0 Å². The predicted molar refractivity (Wildman–Crippen MR) is 81.9 cm³/mol. The number of carbonyl (C=O) groups is 2. The van der Waals surface area contributed by atoms with Gasteiger partial charge in [0.25, 0.3) is 0 Å². The molecule has 0 heterocycles. The van der Waals surface area contributed by atoms with Gasteiger partial charge in [-0.1, -0.05) is 30.3 Å². The summed E-state index contributed by atoms with van der Waals surface area (Å²) < 4.78 is 48.2. The van der Waals surface area contributed by atoms with Gasteiger partial charge in [0.2, 0.25) is 0 Å². The first-order valence-electron chi connectivity index (χ1n) is 7.38. The van der Waals surface area contributed by atoms with Gasteiger partial charge in [-0.05, 0) is 26.3 Å². The number of hydrogen-bond donors (Lipinski definition) is 2. The lowest BCUT2D eigenvalue weighted by atomic mass is 10.1. The average molecular weight is 363 g/mol. The Morgan fingerprint density at radius 1 is 1.20 bits per heavy atom. The van der Waals surface area contributed by atoms with E-state index in [1.165, 1.54) is 0 Å². The number of carbonyl (C=O) groups excluding carboxylic acids is 1. The Labute approximate surface area is 142 Å². The standard InChI is InChI=1S/C16H20F3NO5/c1-10(25-15(2,3)16(17,18)19)12(13(21)22)20-14(23)24-9-11-7-5-4-6-8-11/h4-8,10,12H,9H2,1-3H3,(H,20,23)(H,21,22)/t10-,12+/m1/s1. The topological polar surface area (TPSA) is 84.9 Å². The molecule has 2 N–H and O–H groups in total. The summed E-state index contributed by atoms with van der Waals surface area (Å²) in [5, 5.41) is 11.2. The molecule has 0 spiro atoms. The third-order valence-corrected chi connectivity index (χ3v) is 3.38. The summed E-state index contributed by atoms with van der Waals surface area (Å²) in [6.45, 7) is 2.57. The van der Waals surface area contributed by atoms with E-state index in [-0.39, 0.29) is 6.61 Å². The molecule has 0 bridgehead atoms. The zero-order valence-corrected chi connectivity index (χ0v) is 14.0. The van der Waals surface area contributed by atoms with E-state index in [0.717, 1.165) is 20.8 Å². The molecule has 0 aromatic heterocycles. The van der Waals surface area contributed by atoms with Gasteiger partial charge in [0.1, 0.15) is 6.61 Å². The molecule has 0 aliphatic rings. The highest BCUT2D eigenvalue weighted by molar-refractivity contribution is 5.80. The number of nitrogens with one attached hydrogen (secondary N) is 1. The number of benzene rings is 1. The Morgan fingerprint density at radius 2 is 1.76 bits per heavy atom. The minimum Gasteiger partial charge on any atom is -0.480 e. The van der Waals surface area contributed by atoms with E-state index in [2.05, 4.69) is 0 Å². The van der Waals surface area contributed by atoms with E-state index in [0.29, 0.717) is 5.56 Å². The third-order valence-electron chi connectivity index (χ3n) is 3.38. The molecule has 0 aliphatic carbocycles. The van der Waals surface area contributed by atoms with E-state index < -0.39 is 36.0 Å². The highest BCUT2D eigenvalue weighted by Crippen LogP contribution is 2.34. The first kappa shape index (κ1) is 20.8. The van der Waals surface area contributed by atoms with E-state index >= 15 is 0 Å². The summed E-state index contributed by atoms with van der Waals surface area (Å²) in [5.74, 6) is -1.54. The normalized spacial score (nSPS) is 14.5. The molecule has 0 unspecified atom stereocenters. The maximum Gasteiger partial charge on any atom is 0.416 e. The molecule has 2 atom stereocenters. The van der Waals surface area contributed by atoms with Crippen molar-refractivity contribution in [1.29, 1.82) is 0 Å². The quantitative estimate of drug-likeness (QED) is 0.778.